The van der Waals surface area contributed by atoms with Gasteiger partial charge in [0.15, 0.2) is 0 Å². The molecule has 7 heteroatoms. The lowest BCUT2D eigenvalue weighted by Gasteiger charge is -2.05. The van der Waals surface area contributed by atoms with Crippen LogP contribution in [0.25, 0.3) is 0 Å². The van der Waals surface area contributed by atoms with Gasteiger partial charge in [0.2, 0.25) is 5.82 Å². The van der Waals surface area contributed by atoms with Gasteiger partial charge in [-0.3, -0.25) is 9.89 Å². The Bertz CT molecular complexity index is 527. The highest BCUT2D eigenvalue weighted by molar-refractivity contribution is 6.01. The fourth-order valence-electron chi connectivity index (χ4n) is 1.26. The summed E-state index contributed by atoms with van der Waals surface area (Å²) in [5, 5.41) is 8.41. The molecule has 0 aliphatic heterocycles. The molecule has 0 spiro atoms. The summed E-state index contributed by atoms with van der Waals surface area (Å²) >= 11 is 0. The molecule has 2 aromatic rings. The first-order valence-corrected chi connectivity index (χ1v) is 4.70. The number of carbonyl (C=O) groups is 1. The molecule has 1 aromatic heterocycles. The van der Waals surface area contributed by atoms with Crippen LogP contribution in [0.1, 0.15) is 10.6 Å². The van der Waals surface area contributed by atoms with Crippen LogP contribution in [0.5, 0.6) is 5.75 Å². The van der Waals surface area contributed by atoms with Gasteiger partial charge >= 0.3 is 0 Å². The summed E-state index contributed by atoms with van der Waals surface area (Å²) in [6.07, 6.45) is 1.21. The highest BCUT2D eigenvalue weighted by Gasteiger charge is 2.10. The smallest absolute Gasteiger partial charge is 0.292 e. The van der Waals surface area contributed by atoms with Crippen LogP contribution < -0.4 is 10.1 Å². The molecule has 1 heterocycles. The molecule has 0 saturated heterocycles. The van der Waals surface area contributed by atoms with E-state index in [1.54, 1.807) is 0 Å². The van der Waals surface area contributed by atoms with Crippen molar-refractivity contribution in [3.63, 3.8) is 0 Å². The van der Waals surface area contributed by atoms with Crippen molar-refractivity contribution < 1.29 is 13.9 Å². The minimum Gasteiger partial charge on any atom is -0.497 e. The Morgan fingerprint density at radius 3 is 2.94 bits per heavy atom. The Kier molecular flexibility index (Phi) is 2.99. The number of aromatic nitrogens is 3. The van der Waals surface area contributed by atoms with Crippen LogP contribution in [-0.2, 0) is 0 Å². The van der Waals surface area contributed by atoms with Crippen LogP contribution >= 0.6 is 0 Å². The van der Waals surface area contributed by atoms with Crippen molar-refractivity contribution in [2.75, 3.05) is 12.4 Å². The molecule has 0 saturated carbocycles. The summed E-state index contributed by atoms with van der Waals surface area (Å²) < 4.78 is 18.0. The topological polar surface area (TPSA) is 79.9 Å². The lowest BCUT2D eigenvalue weighted by Crippen LogP contribution is -2.13. The number of hydrogen-bond acceptors (Lipinski definition) is 4. The molecule has 0 fully saturated rings. The number of carbonyl (C=O) groups excluding carboxylic acids is 1. The van der Waals surface area contributed by atoms with Crippen LogP contribution in [0.4, 0.5) is 10.1 Å². The van der Waals surface area contributed by atoms with Gasteiger partial charge < -0.3 is 10.1 Å². The van der Waals surface area contributed by atoms with E-state index in [0.29, 0.717) is 5.75 Å². The van der Waals surface area contributed by atoms with Crippen molar-refractivity contribution in [1.29, 1.82) is 0 Å². The maximum Gasteiger partial charge on any atom is 0.292 e. The van der Waals surface area contributed by atoms with E-state index in [-0.39, 0.29) is 11.5 Å². The second-order valence-electron chi connectivity index (χ2n) is 3.17. The molecule has 2 N–H and O–H groups in total. The number of halogens is 1. The normalized spacial score (nSPS) is 10.0. The van der Waals surface area contributed by atoms with Crippen LogP contribution in [0.15, 0.2) is 24.5 Å². The fourth-order valence-corrected chi connectivity index (χ4v) is 1.26. The number of H-pyrrole nitrogens is 1. The van der Waals surface area contributed by atoms with E-state index in [2.05, 4.69) is 20.5 Å². The number of nitrogens with zero attached hydrogens (tertiary/aromatic N) is 2. The van der Waals surface area contributed by atoms with Gasteiger partial charge in [0.1, 0.15) is 17.9 Å². The van der Waals surface area contributed by atoms with Crippen LogP contribution in [0.2, 0.25) is 0 Å². The third-order valence-corrected chi connectivity index (χ3v) is 1.99. The van der Waals surface area contributed by atoms with Crippen molar-refractivity contribution in [3.8, 4) is 5.75 Å². The lowest BCUT2D eigenvalue weighted by molar-refractivity contribution is 0.101. The maximum atomic E-state index is 13.1. The van der Waals surface area contributed by atoms with Gasteiger partial charge in [-0.1, -0.05) is 0 Å². The molecule has 0 atom stereocenters. The van der Waals surface area contributed by atoms with Crippen molar-refractivity contribution in [1.82, 2.24) is 15.2 Å². The number of anilines is 1. The zero-order valence-corrected chi connectivity index (χ0v) is 8.90. The lowest BCUT2D eigenvalue weighted by atomic mass is 10.3. The Hall–Kier alpha value is -2.44. The van der Waals surface area contributed by atoms with Gasteiger partial charge in [0.05, 0.1) is 7.11 Å². The Balaban J connectivity index is 2.18. The first kappa shape index (κ1) is 11.1. The average Bonchev–Trinajstić information content (AvgIpc) is 2.81. The van der Waals surface area contributed by atoms with Gasteiger partial charge in [-0.15, -0.1) is 0 Å². The minimum absolute atomic E-state index is 0.0493. The zero-order valence-electron chi connectivity index (χ0n) is 8.90. The third kappa shape index (κ3) is 2.57. The number of nitrogens with one attached hydrogen (secondary N) is 2. The molecule has 2 rings (SSSR count). The summed E-state index contributed by atoms with van der Waals surface area (Å²) in [4.78, 5) is 15.3. The van der Waals surface area contributed by atoms with Crippen LogP contribution in [0.3, 0.4) is 0 Å². The predicted molar refractivity (Wildman–Crippen MR) is 57.3 cm³/mol. The SMILES string of the molecule is COc1cc(F)cc(NC(=O)c2ncn[nH]2)c1. The predicted octanol–water partition coefficient (Wildman–Crippen LogP) is 1.20. The first-order valence-electron chi connectivity index (χ1n) is 4.70. The van der Waals surface area contributed by atoms with Crippen LogP contribution in [0, 0.1) is 5.82 Å². The number of methoxy groups -OCH3 is 1. The second kappa shape index (κ2) is 4.60. The van der Waals surface area contributed by atoms with Gasteiger partial charge in [0.25, 0.3) is 5.91 Å². The molecular formula is C10H9FN4O2. The van der Waals surface area contributed by atoms with E-state index in [9.17, 15) is 9.18 Å². The first-order chi connectivity index (χ1) is 8.19. The van der Waals surface area contributed by atoms with Crippen molar-refractivity contribution in [2.24, 2.45) is 0 Å². The van der Waals surface area contributed by atoms with Gasteiger partial charge in [-0.05, 0) is 6.07 Å². The highest BCUT2D eigenvalue weighted by atomic mass is 19.1. The monoisotopic (exact) mass is 236 g/mol. The highest BCUT2D eigenvalue weighted by Crippen LogP contribution is 2.19. The minimum atomic E-state index is -0.504. The molecule has 88 valence electrons. The maximum absolute atomic E-state index is 13.1. The molecule has 6 nitrogen and oxygen atoms in total. The van der Waals surface area contributed by atoms with E-state index in [1.165, 1.54) is 31.6 Å². The summed E-state index contributed by atoms with van der Waals surface area (Å²) in [6.45, 7) is 0. The number of ether oxygens (including phenoxy) is 1. The molecule has 0 unspecified atom stereocenters. The zero-order chi connectivity index (χ0) is 12.3. The van der Waals surface area contributed by atoms with Gasteiger partial charge in [-0.25, -0.2) is 9.37 Å². The van der Waals surface area contributed by atoms with Gasteiger partial charge in [0, 0.05) is 17.8 Å². The Morgan fingerprint density at radius 2 is 2.29 bits per heavy atom. The van der Waals surface area contributed by atoms with E-state index in [4.69, 9.17) is 4.74 Å². The quantitative estimate of drug-likeness (QED) is 0.839. The molecule has 0 radical (unpaired) electrons. The van der Waals surface area contributed by atoms with Crippen molar-refractivity contribution in [3.05, 3.63) is 36.2 Å². The molecule has 0 aliphatic carbocycles. The fraction of sp³-hybridized carbons (Fsp3) is 0.100. The number of amides is 1. The van der Waals surface area contributed by atoms with E-state index < -0.39 is 11.7 Å². The number of benzene rings is 1. The van der Waals surface area contributed by atoms with Crippen LogP contribution in [-0.4, -0.2) is 28.2 Å². The molecular weight excluding hydrogens is 227 g/mol. The Labute approximate surface area is 95.8 Å². The number of hydrogen-bond donors (Lipinski definition) is 2. The molecule has 0 aliphatic rings. The molecule has 0 bridgehead atoms. The van der Waals surface area contributed by atoms with E-state index in [0.717, 1.165) is 0 Å². The van der Waals surface area contributed by atoms with E-state index in [1.807, 2.05) is 0 Å². The molecule has 1 aromatic carbocycles. The number of aromatic amines is 1. The van der Waals surface area contributed by atoms with Crippen molar-refractivity contribution >= 4 is 11.6 Å². The second-order valence-corrected chi connectivity index (χ2v) is 3.17. The largest absolute Gasteiger partial charge is 0.497 e. The standard InChI is InChI=1S/C10H9FN4O2/c1-17-8-3-6(11)2-7(4-8)14-10(16)9-12-5-13-15-9/h2-5H,1H3,(H,14,16)(H,12,13,15). The average molecular weight is 236 g/mol. The van der Waals surface area contributed by atoms with Gasteiger partial charge in [-0.2, -0.15) is 5.10 Å². The summed E-state index contributed by atoms with van der Waals surface area (Å²) in [6, 6.07) is 3.89. The van der Waals surface area contributed by atoms with E-state index >= 15 is 0 Å². The number of rotatable bonds is 3. The van der Waals surface area contributed by atoms with Crippen molar-refractivity contribution in [2.45, 2.75) is 0 Å². The summed E-state index contributed by atoms with van der Waals surface area (Å²) in [7, 11) is 1.41. The summed E-state index contributed by atoms with van der Waals surface area (Å²) in [5.74, 6) is -0.640. The summed E-state index contributed by atoms with van der Waals surface area (Å²) in [5.41, 5.74) is 0.281. The third-order valence-electron chi connectivity index (χ3n) is 1.99. The Morgan fingerprint density at radius 1 is 1.47 bits per heavy atom. The molecule has 1 amide bonds. The molecule has 17 heavy (non-hydrogen) atoms.